The van der Waals surface area contributed by atoms with Gasteiger partial charge in [0.05, 0.1) is 0 Å². The lowest BCUT2D eigenvalue weighted by atomic mass is 10.2. The second kappa shape index (κ2) is 3.24. The Labute approximate surface area is 68.0 Å². The Morgan fingerprint density at radius 3 is 2.91 bits per heavy atom. The number of nitrogens with zero attached hydrogens (tertiary/aromatic N) is 1. The molecule has 0 aromatic carbocycles. The van der Waals surface area contributed by atoms with Crippen molar-refractivity contribution in [3.05, 3.63) is 48.9 Å². The summed E-state index contributed by atoms with van der Waals surface area (Å²) >= 11 is 0. The average molecular weight is 147 g/mol. The molecule has 0 saturated carbocycles. The highest BCUT2D eigenvalue weighted by atomic mass is 15.1. The van der Waals surface area contributed by atoms with Crippen LogP contribution in [0.25, 0.3) is 0 Å². The normalized spacial score (nSPS) is 16.1. The third-order valence-corrected chi connectivity index (χ3v) is 1.67. The van der Waals surface area contributed by atoms with Crippen LogP contribution in [0, 0.1) is 0 Å². The van der Waals surface area contributed by atoms with E-state index in [-0.39, 0.29) is 0 Å². The van der Waals surface area contributed by atoms with E-state index in [1.807, 2.05) is 25.2 Å². The molecule has 0 bridgehead atoms. The van der Waals surface area contributed by atoms with Crippen LogP contribution in [0.15, 0.2) is 48.9 Å². The lowest BCUT2D eigenvalue weighted by Crippen LogP contribution is -2.21. The highest BCUT2D eigenvalue weighted by Gasteiger charge is 2.06. The molecule has 0 saturated heterocycles. The van der Waals surface area contributed by atoms with Crippen LogP contribution in [-0.2, 0) is 0 Å². The molecule has 0 aromatic rings. The smallest absolute Gasteiger partial charge is 0.0411 e. The van der Waals surface area contributed by atoms with Gasteiger partial charge in [-0.05, 0) is 19.1 Å². The molecule has 0 aromatic heterocycles. The minimum absolute atomic E-state index is 0.910. The highest BCUT2D eigenvalue weighted by molar-refractivity contribution is 5.28. The van der Waals surface area contributed by atoms with Crippen molar-refractivity contribution in [1.82, 2.24) is 4.90 Å². The largest absolute Gasteiger partial charge is 0.342 e. The summed E-state index contributed by atoms with van der Waals surface area (Å²) in [7, 11) is 0. The molecule has 0 radical (unpaired) electrons. The van der Waals surface area contributed by atoms with Crippen LogP contribution < -0.4 is 0 Å². The minimum atomic E-state index is 0.910. The predicted molar refractivity (Wildman–Crippen MR) is 48.9 cm³/mol. The van der Waals surface area contributed by atoms with Gasteiger partial charge in [-0.2, -0.15) is 0 Å². The van der Waals surface area contributed by atoms with E-state index in [0.29, 0.717) is 0 Å². The van der Waals surface area contributed by atoms with Crippen LogP contribution in [0.5, 0.6) is 0 Å². The Morgan fingerprint density at radius 2 is 2.45 bits per heavy atom. The van der Waals surface area contributed by atoms with E-state index >= 15 is 0 Å². The highest BCUT2D eigenvalue weighted by Crippen LogP contribution is 2.15. The zero-order valence-corrected chi connectivity index (χ0v) is 6.88. The third kappa shape index (κ3) is 1.61. The minimum Gasteiger partial charge on any atom is -0.342 e. The fourth-order valence-corrected chi connectivity index (χ4v) is 1.08. The maximum absolute atomic E-state index is 3.88. The molecule has 0 aliphatic carbocycles. The third-order valence-electron chi connectivity index (χ3n) is 1.67. The van der Waals surface area contributed by atoms with Crippen LogP contribution in [0.4, 0.5) is 0 Å². The zero-order chi connectivity index (χ0) is 8.27. The summed E-state index contributed by atoms with van der Waals surface area (Å²) < 4.78 is 0. The molecular formula is C10H13N. The fraction of sp³-hybridized carbons (Fsp3) is 0.200. The molecule has 58 valence electrons. The number of rotatable bonds is 2. The van der Waals surface area contributed by atoms with Crippen molar-refractivity contribution in [3.8, 4) is 0 Å². The number of hydrogen-bond donors (Lipinski definition) is 0. The Morgan fingerprint density at radius 1 is 1.73 bits per heavy atom. The first-order valence-corrected chi connectivity index (χ1v) is 3.68. The van der Waals surface area contributed by atoms with E-state index in [1.165, 1.54) is 0 Å². The molecule has 1 heterocycles. The van der Waals surface area contributed by atoms with Gasteiger partial charge in [0.25, 0.3) is 0 Å². The fourth-order valence-electron chi connectivity index (χ4n) is 1.08. The lowest BCUT2D eigenvalue weighted by molar-refractivity contribution is 0.486. The van der Waals surface area contributed by atoms with Crippen LogP contribution in [0.1, 0.15) is 6.92 Å². The molecule has 1 nitrogen and oxygen atoms in total. The molecule has 11 heavy (non-hydrogen) atoms. The first-order valence-electron chi connectivity index (χ1n) is 3.68. The Bertz CT molecular complexity index is 233. The van der Waals surface area contributed by atoms with Gasteiger partial charge in [0.1, 0.15) is 0 Å². The van der Waals surface area contributed by atoms with Gasteiger partial charge in [-0.15, -0.1) is 0 Å². The number of allylic oxidation sites excluding steroid dienone is 4. The van der Waals surface area contributed by atoms with Crippen molar-refractivity contribution in [2.45, 2.75) is 6.92 Å². The molecule has 1 aliphatic heterocycles. The molecule has 1 heteroatoms. The molecule has 0 atom stereocenters. The SMILES string of the molecule is C=CC1=CC=CCN1C(=C)C. The van der Waals surface area contributed by atoms with Crippen LogP contribution in [0.3, 0.4) is 0 Å². The molecule has 0 fully saturated rings. The standard InChI is InChI=1S/C10H13N/c1-4-10-7-5-6-8-11(10)9(2)3/h4-7H,1-2,8H2,3H3. The maximum atomic E-state index is 3.88. The van der Waals surface area contributed by atoms with Crippen LogP contribution in [0.2, 0.25) is 0 Å². The van der Waals surface area contributed by atoms with Crippen molar-refractivity contribution in [2.75, 3.05) is 6.54 Å². The van der Waals surface area contributed by atoms with Crippen molar-refractivity contribution in [2.24, 2.45) is 0 Å². The van der Waals surface area contributed by atoms with Gasteiger partial charge >= 0.3 is 0 Å². The average Bonchev–Trinajstić information content (AvgIpc) is 2.04. The van der Waals surface area contributed by atoms with Gasteiger partial charge in [-0.25, -0.2) is 0 Å². The summed E-state index contributed by atoms with van der Waals surface area (Å²) in [6, 6.07) is 0. The molecular weight excluding hydrogens is 134 g/mol. The second-order valence-electron chi connectivity index (χ2n) is 2.57. The van der Waals surface area contributed by atoms with Crippen LogP contribution in [-0.4, -0.2) is 11.4 Å². The zero-order valence-electron chi connectivity index (χ0n) is 6.88. The van der Waals surface area contributed by atoms with E-state index in [2.05, 4.69) is 24.1 Å². The van der Waals surface area contributed by atoms with Crippen LogP contribution >= 0.6 is 0 Å². The first-order chi connectivity index (χ1) is 5.25. The molecule has 0 spiro atoms. The van der Waals surface area contributed by atoms with Gasteiger partial charge < -0.3 is 4.90 Å². The monoisotopic (exact) mass is 147 g/mol. The predicted octanol–water partition coefficient (Wildman–Crippen LogP) is 2.46. The van der Waals surface area contributed by atoms with E-state index in [9.17, 15) is 0 Å². The van der Waals surface area contributed by atoms with E-state index in [0.717, 1.165) is 17.9 Å². The Kier molecular flexibility index (Phi) is 2.32. The van der Waals surface area contributed by atoms with Crippen molar-refractivity contribution >= 4 is 0 Å². The summed E-state index contributed by atoms with van der Waals surface area (Å²) in [4.78, 5) is 2.12. The summed E-state index contributed by atoms with van der Waals surface area (Å²) in [6.45, 7) is 10.5. The summed E-state index contributed by atoms with van der Waals surface area (Å²) in [6.07, 6.45) is 8.02. The first kappa shape index (κ1) is 7.86. The number of hydrogen-bond acceptors (Lipinski definition) is 1. The van der Waals surface area contributed by atoms with E-state index in [4.69, 9.17) is 0 Å². The quantitative estimate of drug-likeness (QED) is 0.580. The van der Waals surface area contributed by atoms with Gasteiger partial charge in [0.15, 0.2) is 0 Å². The van der Waals surface area contributed by atoms with Gasteiger partial charge in [0, 0.05) is 17.9 Å². The second-order valence-corrected chi connectivity index (χ2v) is 2.57. The molecule has 0 N–H and O–H groups in total. The maximum Gasteiger partial charge on any atom is 0.0411 e. The topological polar surface area (TPSA) is 3.24 Å². The summed E-state index contributed by atoms with van der Waals surface area (Å²) in [5.74, 6) is 0. The van der Waals surface area contributed by atoms with Gasteiger partial charge in [-0.3, -0.25) is 0 Å². The van der Waals surface area contributed by atoms with Crippen molar-refractivity contribution < 1.29 is 0 Å². The van der Waals surface area contributed by atoms with Gasteiger partial charge in [-0.1, -0.05) is 25.3 Å². The lowest BCUT2D eigenvalue weighted by Gasteiger charge is -2.26. The van der Waals surface area contributed by atoms with E-state index in [1.54, 1.807) is 0 Å². The van der Waals surface area contributed by atoms with Gasteiger partial charge in [0.2, 0.25) is 0 Å². The molecule has 0 amide bonds. The Balaban J connectivity index is 2.83. The van der Waals surface area contributed by atoms with Crippen molar-refractivity contribution in [3.63, 3.8) is 0 Å². The molecule has 0 unspecified atom stereocenters. The van der Waals surface area contributed by atoms with E-state index < -0.39 is 0 Å². The van der Waals surface area contributed by atoms with Crippen molar-refractivity contribution in [1.29, 1.82) is 0 Å². The molecule has 1 rings (SSSR count). The Hall–Kier alpha value is -1.24. The summed E-state index contributed by atoms with van der Waals surface area (Å²) in [5.41, 5.74) is 2.18. The molecule has 1 aliphatic rings. The summed E-state index contributed by atoms with van der Waals surface area (Å²) in [5, 5.41) is 0.